The van der Waals surface area contributed by atoms with Gasteiger partial charge in [0.05, 0.1) is 17.2 Å². The van der Waals surface area contributed by atoms with Crippen LogP contribution < -0.4 is 10.6 Å². The van der Waals surface area contributed by atoms with Crippen LogP contribution in [0.2, 0.25) is 0 Å². The summed E-state index contributed by atoms with van der Waals surface area (Å²) < 4.78 is 25.3. The number of guanidine groups is 1. The lowest BCUT2D eigenvalue weighted by atomic mass is 9.87. The molecule has 1 aromatic carbocycles. The Morgan fingerprint density at radius 1 is 1.19 bits per heavy atom. The van der Waals surface area contributed by atoms with Gasteiger partial charge >= 0.3 is 0 Å². The lowest BCUT2D eigenvalue weighted by Gasteiger charge is -2.19. The Bertz CT molecular complexity index is 849. The number of carbonyl (C=O) groups excluding carboxylic acids is 1. The van der Waals surface area contributed by atoms with E-state index in [0.29, 0.717) is 30.4 Å². The molecule has 7 nitrogen and oxygen atoms in total. The van der Waals surface area contributed by atoms with E-state index in [-0.39, 0.29) is 53.6 Å². The van der Waals surface area contributed by atoms with E-state index >= 15 is 0 Å². The van der Waals surface area contributed by atoms with Crippen LogP contribution in [-0.2, 0) is 20.0 Å². The predicted molar refractivity (Wildman–Crippen MR) is 137 cm³/mol. The van der Waals surface area contributed by atoms with Crippen molar-refractivity contribution in [3.05, 3.63) is 29.8 Å². The zero-order chi connectivity index (χ0) is 22.4. The van der Waals surface area contributed by atoms with Gasteiger partial charge in [0.15, 0.2) is 15.8 Å². The second-order valence-corrected chi connectivity index (χ2v) is 10.8. The molecule has 1 aromatic rings. The van der Waals surface area contributed by atoms with Gasteiger partial charge in [-0.2, -0.15) is 0 Å². The van der Waals surface area contributed by atoms with Crippen molar-refractivity contribution in [2.45, 2.75) is 63.8 Å². The highest BCUT2D eigenvalue weighted by Crippen LogP contribution is 2.23. The SMILES string of the molecule is CCNC(=NCCS(=O)(=O)c1ccc(C(C)(C)C)cc1)NC1CCN(C(=O)CC)C1.I. The average molecular weight is 565 g/mol. The van der Waals surface area contributed by atoms with Crippen LogP contribution in [0, 0.1) is 0 Å². The number of hydrogen-bond acceptors (Lipinski definition) is 4. The van der Waals surface area contributed by atoms with Gasteiger partial charge in [-0.15, -0.1) is 24.0 Å². The molecule has 0 spiro atoms. The molecule has 1 fully saturated rings. The number of sulfone groups is 1. The first-order valence-electron chi connectivity index (χ1n) is 10.7. The van der Waals surface area contributed by atoms with Crippen molar-refractivity contribution in [3.8, 4) is 0 Å². The molecule has 0 saturated carbocycles. The summed E-state index contributed by atoms with van der Waals surface area (Å²) in [4.78, 5) is 18.5. The van der Waals surface area contributed by atoms with E-state index in [1.807, 2.05) is 30.9 Å². The Labute approximate surface area is 204 Å². The maximum absolute atomic E-state index is 12.7. The molecule has 9 heteroatoms. The third-order valence-electron chi connectivity index (χ3n) is 5.24. The molecular weight excluding hydrogens is 527 g/mol. The normalized spacial score (nSPS) is 17.3. The fraction of sp³-hybridized carbons (Fsp3) is 0.636. The predicted octanol–water partition coefficient (Wildman–Crippen LogP) is 2.94. The summed E-state index contributed by atoms with van der Waals surface area (Å²) in [6, 6.07) is 7.25. The van der Waals surface area contributed by atoms with Gasteiger partial charge in [0.25, 0.3) is 0 Å². The van der Waals surface area contributed by atoms with Crippen molar-refractivity contribution in [2.75, 3.05) is 31.9 Å². The van der Waals surface area contributed by atoms with Crippen LogP contribution in [0.25, 0.3) is 0 Å². The molecule has 0 radical (unpaired) electrons. The number of likely N-dealkylation sites (tertiary alicyclic amines) is 1. The second kappa shape index (κ2) is 12.0. The number of rotatable bonds is 7. The lowest BCUT2D eigenvalue weighted by Crippen LogP contribution is -2.45. The maximum atomic E-state index is 12.7. The van der Waals surface area contributed by atoms with Crippen molar-refractivity contribution in [3.63, 3.8) is 0 Å². The number of aliphatic imine (C=N–C) groups is 1. The molecule has 1 saturated heterocycles. The first-order chi connectivity index (χ1) is 14.1. The van der Waals surface area contributed by atoms with Gasteiger partial charge in [0.2, 0.25) is 5.91 Å². The molecule has 31 heavy (non-hydrogen) atoms. The van der Waals surface area contributed by atoms with Gasteiger partial charge in [-0.05, 0) is 36.5 Å². The summed E-state index contributed by atoms with van der Waals surface area (Å²) in [5.74, 6) is 0.695. The number of nitrogens with zero attached hydrogens (tertiary/aromatic N) is 2. The Balaban J connectivity index is 0.00000480. The van der Waals surface area contributed by atoms with E-state index in [1.165, 1.54) is 0 Å². The van der Waals surface area contributed by atoms with Crippen molar-refractivity contribution in [1.29, 1.82) is 0 Å². The molecule has 2 rings (SSSR count). The number of carbonyl (C=O) groups is 1. The van der Waals surface area contributed by atoms with Crippen LogP contribution in [0.1, 0.15) is 53.0 Å². The fourth-order valence-corrected chi connectivity index (χ4v) is 4.52. The smallest absolute Gasteiger partial charge is 0.222 e. The van der Waals surface area contributed by atoms with E-state index in [1.54, 1.807) is 12.1 Å². The van der Waals surface area contributed by atoms with Gasteiger partial charge in [0, 0.05) is 32.1 Å². The number of hydrogen-bond donors (Lipinski definition) is 2. The second-order valence-electron chi connectivity index (χ2n) is 8.68. The average Bonchev–Trinajstić information content (AvgIpc) is 3.15. The van der Waals surface area contributed by atoms with E-state index in [4.69, 9.17) is 0 Å². The Kier molecular flexibility index (Phi) is 10.7. The topological polar surface area (TPSA) is 90.9 Å². The number of halogens is 1. The van der Waals surface area contributed by atoms with E-state index in [9.17, 15) is 13.2 Å². The summed E-state index contributed by atoms with van der Waals surface area (Å²) in [7, 11) is -3.40. The molecular formula is C22H37IN4O3S. The number of amides is 1. The highest BCUT2D eigenvalue weighted by molar-refractivity contribution is 14.0. The molecule has 0 aromatic heterocycles. The number of nitrogens with one attached hydrogen (secondary N) is 2. The van der Waals surface area contributed by atoms with E-state index in [2.05, 4.69) is 36.4 Å². The first kappa shape index (κ1) is 27.7. The van der Waals surface area contributed by atoms with E-state index in [0.717, 1.165) is 18.5 Å². The zero-order valence-electron chi connectivity index (χ0n) is 19.3. The van der Waals surface area contributed by atoms with Crippen LogP contribution in [0.3, 0.4) is 0 Å². The van der Waals surface area contributed by atoms with Gasteiger partial charge in [-0.1, -0.05) is 39.8 Å². The van der Waals surface area contributed by atoms with E-state index < -0.39 is 9.84 Å². The molecule has 1 heterocycles. The Morgan fingerprint density at radius 2 is 1.84 bits per heavy atom. The van der Waals surface area contributed by atoms with Crippen LogP contribution in [0.5, 0.6) is 0 Å². The van der Waals surface area contributed by atoms with Gasteiger partial charge in [0.1, 0.15) is 0 Å². The highest BCUT2D eigenvalue weighted by atomic mass is 127. The van der Waals surface area contributed by atoms with Gasteiger partial charge in [-0.3, -0.25) is 9.79 Å². The number of benzene rings is 1. The molecule has 1 amide bonds. The van der Waals surface area contributed by atoms with Crippen molar-refractivity contribution in [1.82, 2.24) is 15.5 Å². The molecule has 0 aliphatic carbocycles. The van der Waals surface area contributed by atoms with Crippen LogP contribution >= 0.6 is 24.0 Å². The van der Waals surface area contributed by atoms with Gasteiger partial charge < -0.3 is 15.5 Å². The zero-order valence-corrected chi connectivity index (χ0v) is 22.4. The summed E-state index contributed by atoms with van der Waals surface area (Å²) in [5, 5.41) is 6.48. The monoisotopic (exact) mass is 564 g/mol. The van der Waals surface area contributed by atoms with Crippen molar-refractivity contribution >= 4 is 45.7 Å². The summed E-state index contributed by atoms with van der Waals surface area (Å²) in [6.45, 7) is 12.4. The molecule has 0 bridgehead atoms. The van der Waals surface area contributed by atoms with Crippen molar-refractivity contribution in [2.24, 2.45) is 4.99 Å². The highest BCUT2D eigenvalue weighted by Gasteiger charge is 2.26. The molecule has 1 atom stereocenters. The largest absolute Gasteiger partial charge is 0.357 e. The summed E-state index contributed by atoms with van der Waals surface area (Å²) >= 11 is 0. The van der Waals surface area contributed by atoms with Crippen LogP contribution in [0.4, 0.5) is 0 Å². The Hall–Kier alpha value is -1.36. The molecule has 176 valence electrons. The maximum Gasteiger partial charge on any atom is 0.222 e. The fourth-order valence-electron chi connectivity index (χ4n) is 3.40. The minimum Gasteiger partial charge on any atom is -0.357 e. The van der Waals surface area contributed by atoms with Crippen LogP contribution in [0.15, 0.2) is 34.2 Å². The quantitative estimate of drug-likeness (QED) is 0.302. The molecule has 1 aliphatic rings. The first-order valence-corrected chi connectivity index (χ1v) is 12.4. The standard InChI is InChI=1S/C22H36N4O3S.HI/c1-6-20(27)26-14-12-18(16-26)25-21(23-7-2)24-13-15-30(28,29)19-10-8-17(9-11-19)22(3,4)5;/h8-11,18H,6-7,12-16H2,1-5H3,(H2,23,24,25);1H. The third-order valence-corrected chi connectivity index (χ3v) is 6.95. The minimum absolute atomic E-state index is 0. The Morgan fingerprint density at radius 3 is 2.39 bits per heavy atom. The molecule has 1 unspecified atom stereocenters. The molecule has 2 N–H and O–H groups in total. The lowest BCUT2D eigenvalue weighted by molar-refractivity contribution is -0.129. The minimum atomic E-state index is -3.40. The van der Waals surface area contributed by atoms with Crippen molar-refractivity contribution < 1.29 is 13.2 Å². The third kappa shape index (κ3) is 8.25. The summed E-state index contributed by atoms with van der Waals surface area (Å²) in [6.07, 6.45) is 1.37. The molecule has 1 aliphatic heterocycles. The van der Waals surface area contributed by atoms with Gasteiger partial charge in [-0.25, -0.2) is 8.42 Å². The van der Waals surface area contributed by atoms with Crippen LogP contribution in [-0.4, -0.2) is 63.2 Å². The summed E-state index contributed by atoms with van der Waals surface area (Å²) in [5.41, 5.74) is 1.08.